The highest BCUT2D eigenvalue weighted by atomic mass is 16.5. The number of ether oxygens (including phenoxy) is 1. The summed E-state index contributed by atoms with van der Waals surface area (Å²) < 4.78 is 5.37. The Bertz CT molecular complexity index is 235. The Labute approximate surface area is 96.6 Å². The second-order valence-electron chi connectivity index (χ2n) is 4.37. The number of carbonyl (C=O) groups excluding carboxylic acids is 1. The molecule has 3 N–H and O–H groups in total. The molecular weight excluding hydrogens is 208 g/mol. The summed E-state index contributed by atoms with van der Waals surface area (Å²) in [5.74, 6) is -0.0314. The van der Waals surface area contributed by atoms with Crippen LogP contribution in [0.5, 0.6) is 0 Å². The third-order valence-electron chi connectivity index (χ3n) is 2.91. The summed E-state index contributed by atoms with van der Waals surface area (Å²) in [7, 11) is 0. The van der Waals surface area contributed by atoms with Crippen molar-refractivity contribution >= 4 is 5.91 Å². The molecule has 2 unspecified atom stereocenters. The number of nitrogens with zero attached hydrogens (tertiary/aromatic N) is 1. The van der Waals surface area contributed by atoms with E-state index in [0.717, 1.165) is 6.42 Å². The minimum absolute atomic E-state index is 0.0314. The van der Waals surface area contributed by atoms with Crippen LogP contribution in [0.25, 0.3) is 0 Å². The lowest BCUT2D eigenvalue weighted by Crippen LogP contribution is -2.56. The molecule has 1 aliphatic heterocycles. The number of aliphatic hydroxyl groups excluding tert-OH is 1. The highest BCUT2D eigenvalue weighted by Crippen LogP contribution is 2.13. The van der Waals surface area contributed by atoms with Gasteiger partial charge in [-0.1, -0.05) is 13.3 Å². The third-order valence-corrected chi connectivity index (χ3v) is 2.91. The number of aliphatic hydroxyl groups is 1. The smallest absolute Gasteiger partial charge is 0.239 e. The van der Waals surface area contributed by atoms with Crippen molar-refractivity contribution in [2.75, 3.05) is 19.8 Å². The van der Waals surface area contributed by atoms with E-state index in [9.17, 15) is 4.79 Å². The van der Waals surface area contributed by atoms with Gasteiger partial charge in [-0.2, -0.15) is 0 Å². The molecule has 5 heteroatoms. The van der Waals surface area contributed by atoms with Crippen LogP contribution in [0.1, 0.15) is 26.7 Å². The number of hydrogen-bond donors (Lipinski definition) is 2. The van der Waals surface area contributed by atoms with Crippen LogP contribution in [0.2, 0.25) is 0 Å². The van der Waals surface area contributed by atoms with E-state index in [4.69, 9.17) is 15.6 Å². The second kappa shape index (κ2) is 6.18. The van der Waals surface area contributed by atoms with E-state index in [0.29, 0.717) is 19.6 Å². The molecule has 0 bridgehead atoms. The van der Waals surface area contributed by atoms with Gasteiger partial charge in [-0.15, -0.1) is 0 Å². The number of amides is 1. The van der Waals surface area contributed by atoms with Crippen molar-refractivity contribution in [2.24, 2.45) is 5.73 Å². The van der Waals surface area contributed by atoms with E-state index < -0.39 is 6.04 Å². The van der Waals surface area contributed by atoms with Gasteiger partial charge in [0.2, 0.25) is 5.91 Å². The van der Waals surface area contributed by atoms with Crippen LogP contribution >= 0.6 is 0 Å². The molecule has 0 aromatic carbocycles. The van der Waals surface area contributed by atoms with Gasteiger partial charge in [0.05, 0.1) is 31.4 Å². The standard InChI is InChI=1S/C11H22N2O3/c1-3-4-10(12)11(15)13-5-9(6-14)16-7-8(13)2/h8-10,14H,3-7,12H2,1-2H3/t8?,9?,10-/m1/s1. The van der Waals surface area contributed by atoms with E-state index in [-0.39, 0.29) is 24.7 Å². The predicted octanol–water partition coefficient (Wildman–Crippen LogP) is -0.278. The van der Waals surface area contributed by atoms with Crippen molar-refractivity contribution in [1.82, 2.24) is 4.90 Å². The highest BCUT2D eigenvalue weighted by molar-refractivity contribution is 5.82. The Balaban J connectivity index is 2.58. The molecule has 1 rings (SSSR count). The Morgan fingerprint density at radius 3 is 2.94 bits per heavy atom. The lowest BCUT2D eigenvalue weighted by atomic mass is 10.1. The van der Waals surface area contributed by atoms with E-state index in [1.54, 1.807) is 4.90 Å². The van der Waals surface area contributed by atoms with Gasteiger partial charge in [0.15, 0.2) is 0 Å². The van der Waals surface area contributed by atoms with Gasteiger partial charge in [0, 0.05) is 6.54 Å². The third kappa shape index (κ3) is 3.17. The normalized spacial score (nSPS) is 27.9. The van der Waals surface area contributed by atoms with Gasteiger partial charge in [-0.25, -0.2) is 0 Å². The van der Waals surface area contributed by atoms with Gasteiger partial charge in [-0.05, 0) is 13.3 Å². The maximum absolute atomic E-state index is 12.0. The summed E-state index contributed by atoms with van der Waals surface area (Å²) in [5, 5.41) is 9.02. The largest absolute Gasteiger partial charge is 0.394 e. The average molecular weight is 230 g/mol. The van der Waals surface area contributed by atoms with Gasteiger partial charge in [-0.3, -0.25) is 4.79 Å². The van der Waals surface area contributed by atoms with Gasteiger partial charge < -0.3 is 20.5 Å². The Morgan fingerprint density at radius 2 is 2.38 bits per heavy atom. The first-order chi connectivity index (χ1) is 7.60. The molecule has 0 spiro atoms. The lowest BCUT2D eigenvalue weighted by molar-refractivity contribution is -0.147. The maximum atomic E-state index is 12.0. The summed E-state index contributed by atoms with van der Waals surface area (Å²) in [6, 6.07) is -0.386. The number of carbonyl (C=O) groups is 1. The van der Waals surface area contributed by atoms with Crippen LogP contribution < -0.4 is 5.73 Å². The molecule has 1 amide bonds. The summed E-state index contributed by atoms with van der Waals surface area (Å²) in [5.41, 5.74) is 5.81. The molecule has 1 saturated heterocycles. The van der Waals surface area contributed by atoms with E-state index in [1.807, 2.05) is 13.8 Å². The quantitative estimate of drug-likeness (QED) is 0.696. The van der Waals surface area contributed by atoms with Crippen LogP contribution in [0.3, 0.4) is 0 Å². The topological polar surface area (TPSA) is 75.8 Å². The summed E-state index contributed by atoms with van der Waals surface area (Å²) in [6.45, 7) is 4.79. The van der Waals surface area contributed by atoms with Crippen molar-refractivity contribution in [3.05, 3.63) is 0 Å². The molecule has 0 saturated carbocycles. The van der Waals surface area contributed by atoms with Crippen molar-refractivity contribution in [3.8, 4) is 0 Å². The molecule has 94 valence electrons. The number of hydrogen-bond acceptors (Lipinski definition) is 4. The minimum Gasteiger partial charge on any atom is -0.394 e. The van der Waals surface area contributed by atoms with Gasteiger partial charge >= 0.3 is 0 Å². The predicted molar refractivity (Wildman–Crippen MR) is 60.9 cm³/mol. The summed E-state index contributed by atoms with van der Waals surface area (Å²) in [6.07, 6.45) is 1.33. The first kappa shape index (κ1) is 13.4. The zero-order chi connectivity index (χ0) is 12.1. The zero-order valence-electron chi connectivity index (χ0n) is 10.1. The van der Waals surface area contributed by atoms with Crippen molar-refractivity contribution in [3.63, 3.8) is 0 Å². The Morgan fingerprint density at radius 1 is 1.69 bits per heavy atom. The molecule has 1 heterocycles. The average Bonchev–Trinajstić information content (AvgIpc) is 2.29. The Hall–Kier alpha value is -0.650. The van der Waals surface area contributed by atoms with Crippen LogP contribution in [-0.2, 0) is 9.53 Å². The molecule has 0 aromatic rings. The summed E-state index contributed by atoms with van der Waals surface area (Å²) in [4.78, 5) is 13.8. The minimum atomic E-state index is -0.426. The maximum Gasteiger partial charge on any atom is 0.239 e. The van der Waals surface area contributed by atoms with Gasteiger partial charge in [0.1, 0.15) is 0 Å². The zero-order valence-corrected chi connectivity index (χ0v) is 10.1. The highest BCUT2D eigenvalue weighted by Gasteiger charge is 2.31. The van der Waals surface area contributed by atoms with E-state index in [1.165, 1.54) is 0 Å². The van der Waals surface area contributed by atoms with E-state index in [2.05, 4.69) is 0 Å². The monoisotopic (exact) mass is 230 g/mol. The SMILES string of the molecule is CCC[C@@H](N)C(=O)N1CC(CO)OCC1C. The lowest BCUT2D eigenvalue weighted by Gasteiger charge is -2.38. The second-order valence-corrected chi connectivity index (χ2v) is 4.37. The fraction of sp³-hybridized carbons (Fsp3) is 0.909. The Kier molecular flexibility index (Phi) is 5.18. The fourth-order valence-electron chi connectivity index (χ4n) is 1.88. The summed E-state index contributed by atoms with van der Waals surface area (Å²) >= 11 is 0. The van der Waals surface area contributed by atoms with Crippen LogP contribution in [0.15, 0.2) is 0 Å². The number of rotatable bonds is 4. The molecule has 0 aliphatic carbocycles. The molecule has 0 radical (unpaired) electrons. The molecule has 5 nitrogen and oxygen atoms in total. The van der Waals surface area contributed by atoms with Crippen LogP contribution in [0, 0.1) is 0 Å². The molecule has 1 fully saturated rings. The first-order valence-electron chi connectivity index (χ1n) is 5.88. The van der Waals surface area contributed by atoms with Crippen LogP contribution in [-0.4, -0.2) is 53.9 Å². The van der Waals surface area contributed by atoms with Crippen molar-refractivity contribution in [1.29, 1.82) is 0 Å². The van der Waals surface area contributed by atoms with Gasteiger partial charge in [0.25, 0.3) is 0 Å². The molecule has 1 aliphatic rings. The van der Waals surface area contributed by atoms with Crippen molar-refractivity contribution < 1.29 is 14.6 Å². The molecule has 16 heavy (non-hydrogen) atoms. The van der Waals surface area contributed by atoms with Crippen molar-refractivity contribution in [2.45, 2.75) is 44.9 Å². The number of morpholine rings is 1. The fourth-order valence-corrected chi connectivity index (χ4v) is 1.88. The first-order valence-corrected chi connectivity index (χ1v) is 5.88. The van der Waals surface area contributed by atoms with E-state index >= 15 is 0 Å². The molecule has 0 aromatic heterocycles. The number of nitrogens with two attached hydrogens (primary N) is 1. The van der Waals surface area contributed by atoms with Crippen LogP contribution in [0.4, 0.5) is 0 Å². The molecule has 3 atom stereocenters. The molecular formula is C11H22N2O3.